The Kier molecular flexibility index (Phi) is 2.11. The Morgan fingerprint density at radius 3 is 2.60 bits per heavy atom. The van der Waals surface area contributed by atoms with E-state index in [0.717, 1.165) is 0 Å². The van der Waals surface area contributed by atoms with E-state index in [9.17, 15) is 8.42 Å². The molecule has 0 spiro atoms. The molecule has 1 aliphatic heterocycles. The normalized spacial score (nSPS) is 20.3. The summed E-state index contributed by atoms with van der Waals surface area (Å²) in [4.78, 5) is 0.513. The van der Waals surface area contributed by atoms with Crippen molar-refractivity contribution in [2.24, 2.45) is 0 Å². The average Bonchev–Trinajstić information content (AvgIpc) is 1.88. The summed E-state index contributed by atoms with van der Waals surface area (Å²) < 4.78 is 26.7. The minimum absolute atomic E-state index is 0.433. The maximum atomic E-state index is 10.9. The third kappa shape index (κ3) is 1.82. The molecule has 0 bridgehead atoms. The molecule has 0 aromatic heterocycles. The van der Waals surface area contributed by atoms with Crippen molar-refractivity contribution >= 4 is 9.84 Å². The van der Waals surface area contributed by atoms with Crippen LogP contribution in [0.25, 0.3) is 0 Å². The van der Waals surface area contributed by atoms with Crippen LogP contribution in [0.2, 0.25) is 0 Å². The topological polar surface area (TPSA) is 43.4 Å². The van der Waals surface area contributed by atoms with Crippen molar-refractivity contribution in [3.8, 4) is 0 Å². The zero-order valence-corrected chi connectivity index (χ0v) is 6.65. The van der Waals surface area contributed by atoms with E-state index < -0.39 is 9.84 Å². The molecule has 0 N–H and O–H groups in total. The highest BCUT2D eigenvalue weighted by molar-refractivity contribution is 7.94. The van der Waals surface area contributed by atoms with Crippen molar-refractivity contribution in [1.82, 2.24) is 0 Å². The van der Waals surface area contributed by atoms with Gasteiger partial charge in [0.05, 0.1) is 13.2 Å². The van der Waals surface area contributed by atoms with Gasteiger partial charge in [0.15, 0.2) is 9.84 Å². The molecule has 0 amide bonds. The van der Waals surface area contributed by atoms with Crippen molar-refractivity contribution < 1.29 is 13.2 Å². The Morgan fingerprint density at radius 2 is 2.30 bits per heavy atom. The van der Waals surface area contributed by atoms with Gasteiger partial charge in [0, 0.05) is 17.6 Å². The standard InChI is InChI=1S/C6H10O3S/c1-10(7,8)6-2-4-9-5-3-6/h2H,3-5H2,1H3. The van der Waals surface area contributed by atoms with Crippen molar-refractivity contribution in [2.45, 2.75) is 6.42 Å². The highest BCUT2D eigenvalue weighted by Gasteiger charge is 2.13. The second-order valence-electron chi connectivity index (χ2n) is 2.27. The first-order chi connectivity index (χ1) is 4.61. The monoisotopic (exact) mass is 162 g/mol. The first-order valence-electron chi connectivity index (χ1n) is 3.07. The van der Waals surface area contributed by atoms with E-state index in [0.29, 0.717) is 24.5 Å². The number of ether oxygens (including phenoxy) is 1. The molecule has 0 unspecified atom stereocenters. The lowest BCUT2D eigenvalue weighted by Crippen LogP contribution is -2.10. The quantitative estimate of drug-likeness (QED) is 0.558. The lowest BCUT2D eigenvalue weighted by Gasteiger charge is -2.10. The fourth-order valence-corrected chi connectivity index (χ4v) is 1.67. The minimum Gasteiger partial charge on any atom is -0.377 e. The van der Waals surface area contributed by atoms with Gasteiger partial charge in [0.2, 0.25) is 0 Å². The number of hydrogen-bond acceptors (Lipinski definition) is 3. The Labute approximate surface area is 60.6 Å². The van der Waals surface area contributed by atoms with Crippen LogP contribution in [0, 0.1) is 0 Å². The van der Waals surface area contributed by atoms with Gasteiger partial charge in [-0.15, -0.1) is 0 Å². The fraction of sp³-hybridized carbons (Fsp3) is 0.667. The summed E-state index contributed by atoms with van der Waals surface area (Å²) in [5, 5.41) is 0. The summed E-state index contributed by atoms with van der Waals surface area (Å²) in [6.45, 7) is 0.960. The molecule has 0 aliphatic carbocycles. The molecule has 0 fully saturated rings. The van der Waals surface area contributed by atoms with Crippen LogP contribution in [-0.4, -0.2) is 27.9 Å². The molecule has 0 radical (unpaired) electrons. The molecule has 1 heterocycles. The van der Waals surface area contributed by atoms with E-state index >= 15 is 0 Å². The van der Waals surface area contributed by atoms with E-state index in [4.69, 9.17) is 4.74 Å². The molecule has 0 atom stereocenters. The first-order valence-corrected chi connectivity index (χ1v) is 4.96. The lowest BCUT2D eigenvalue weighted by molar-refractivity contribution is 0.157. The van der Waals surface area contributed by atoms with Gasteiger partial charge >= 0.3 is 0 Å². The summed E-state index contributed by atoms with van der Waals surface area (Å²) in [6.07, 6.45) is 3.38. The fourth-order valence-electron chi connectivity index (χ4n) is 0.847. The number of sulfone groups is 1. The van der Waals surface area contributed by atoms with Gasteiger partial charge in [-0.1, -0.05) is 0 Å². The van der Waals surface area contributed by atoms with Gasteiger partial charge < -0.3 is 4.74 Å². The Hall–Kier alpha value is -0.350. The van der Waals surface area contributed by atoms with E-state index in [1.807, 2.05) is 0 Å². The molecular formula is C6H10O3S. The second kappa shape index (κ2) is 2.72. The van der Waals surface area contributed by atoms with Crippen LogP contribution in [0.5, 0.6) is 0 Å². The van der Waals surface area contributed by atoms with E-state index in [2.05, 4.69) is 0 Å². The van der Waals surface area contributed by atoms with E-state index in [-0.39, 0.29) is 0 Å². The number of rotatable bonds is 1. The molecule has 10 heavy (non-hydrogen) atoms. The summed E-state index contributed by atoms with van der Waals surface area (Å²) in [5.41, 5.74) is 0. The molecule has 4 heteroatoms. The number of hydrogen-bond donors (Lipinski definition) is 0. The smallest absolute Gasteiger partial charge is 0.171 e. The van der Waals surface area contributed by atoms with Gasteiger partial charge in [-0.2, -0.15) is 0 Å². The Bertz CT molecular complexity index is 238. The van der Waals surface area contributed by atoms with Crippen molar-refractivity contribution in [3.63, 3.8) is 0 Å². The maximum absolute atomic E-state index is 10.9. The van der Waals surface area contributed by atoms with Gasteiger partial charge in [0.25, 0.3) is 0 Å². The Morgan fingerprint density at radius 1 is 1.60 bits per heavy atom. The molecule has 58 valence electrons. The largest absolute Gasteiger partial charge is 0.377 e. The van der Waals surface area contributed by atoms with Crippen molar-refractivity contribution in [1.29, 1.82) is 0 Å². The maximum Gasteiger partial charge on any atom is 0.171 e. The van der Waals surface area contributed by atoms with Crippen LogP contribution in [0.4, 0.5) is 0 Å². The molecule has 0 saturated carbocycles. The van der Waals surface area contributed by atoms with Gasteiger partial charge in [-0.3, -0.25) is 0 Å². The van der Waals surface area contributed by atoms with Crippen LogP contribution in [0.1, 0.15) is 6.42 Å². The van der Waals surface area contributed by atoms with Crippen LogP contribution >= 0.6 is 0 Å². The van der Waals surface area contributed by atoms with Crippen LogP contribution in [0.15, 0.2) is 11.0 Å². The molecule has 1 rings (SSSR count). The van der Waals surface area contributed by atoms with Crippen LogP contribution in [-0.2, 0) is 14.6 Å². The van der Waals surface area contributed by atoms with Gasteiger partial charge in [0.1, 0.15) is 0 Å². The van der Waals surface area contributed by atoms with E-state index in [1.165, 1.54) is 6.26 Å². The van der Waals surface area contributed by atoms with Crippen LogP contribution in [0.3, 0.4) is 0 Å². The molecule has 0 aromatic rings. The van der Waals surface area contributed by atoms with Crippen molar-refractivity contribution in [2.75, 3.05) is 19.5 Å². The minimum atomic E-state index is -2.94. The summed E-state index contributed by atoms with van der Waals surface area (Å²) in [7, 11) is -2.94. The lowest BCUT2D eigenvalue weighted by atomic mass is 10.3. The highest BCUT2D eigenvalue weighted by atomic mass is 32.2. The average molecular weight is 162 g/mol. The molecule has 0 aromatic carbocycles. The van der Waals surface area contributed by atoms with Crippen LogP contribution < -0.4 is 0 Å². The SMILES string of the molecule is CS(=O)(=O)C1=CCOCC1. The summed E-state index contributed by atoms with van der Waals surface area (Å²) >= 11 is 0. The zero-order valence-electron chi connectivity index (χ0n) is 5.83. The first kappa shape index (κ1) is 7.75. The summed E-state index contributed by atoms with van der Waals surface area (Å²) in [5.74, 6) is 0. The molecule has 3 nitrogen and oxygen atoms in total. The third-order valence-corrected chi connectivity index (χ3v) is 2.72. The second-order valence-corrected chi connectivity index (χ2v) is 4.34. The van der Waals surface area contributed by atoms with E-state index in [1.54, 1.807) is 6.08 Å². The predicted molar refractivity (Wildman–Crippen MR) is 38.4 cm³/mol. The molecule has 0 saturated heterocycles. The summed E-state index contributed by atoms with van der Waals surface area (Å²) in [6, 6.07) is 0. The predicted octanol–water partition coefficient (Wildman–Crippen LogP) is 0.335. The van der Waals surface area contributed by atoms with Gasteiger partial charge in [-0.25, -0.2) is 8.42 Å². The highest BCUT2D eigenvalue weighted by Crippen LogP contribution is 2.12. The zero-order chi connectivity index (χ0) is 7.61. The third-order valence-electron chi connectivity index (χ3n) is 1.40. The Balaban J connectivity index is 2.82. The van der Waals surface area contributed by atoms with Gasteiger partial charge in [-0.05, 0) is 6.08 Å². The molecule has 1 aliphatic rings. The molecular weight excluding hydrogens is 152 g/mol. The van der Waals surface area contributed by atoms with Crippen molar-refractivity contribution in [3.05, 3.63) is 11.0 Å².